The first kappa shape index (κ1) is 13.9. The van der Waals surface area contributed by atoms with Gasteiger partial charge in [0.1, 0.15) is 0 Å². The van der Waals surface area contributed by atoms with Crippen molar-refractivity contribution in [2.45, 2.75) is 0 Å². The van der Waals surface area contributed by atoms with Gasteiger partial charge in [0.05, 0.1) is 10.6 Å². The maximum Gasteiger partial charge on any atom is 0.257 e. The Hall–Kier alpha value is -1.52. The molecule has 2 rings (SSSR count). The van der Waals surface area contributed by atoms with E-state index in [2.05, 4.69) is 26.6 Å². The molecular formula is C14H12BrClN2O. The molecular weight excluding hydrogens is 328 g/mol. The third-order valence-electron chi connectivity index (χ3n) is 2.62. The van der Waals surface area contributed by atoms with Gasteiger partial charge in [-0.1, -0.05) is 23.7 Å². The van der Waals surface area contributed by atoms with Gasteiger partial charge in [-0.15, -0.1) is 0 Å². The molecule has 2 aromatic rings. The zero-order chi connectivity index (χ0) is 13.8. The van der Waals surface area contributed by atoms with Gasteiger partial charge in [-0.2, -0.15) is 0 Å². The summed E-state index contributed by atoms with van der Waals surface area (Å²) < 4.78 is 0.794. The molecule has 0 radical (unpaired) electrons. The molecule has 0 aliphatic carbocycles. The highest BCUT2D eigenvalue weighted by molar-refractivity contribution is 9.10. The van der Waals surface area contributed by atoms with Gasteiger partial charge in [-0.25, -0.2) is 0 Å². The van der Waals surface area contributed by atoms with Crippen LogP contribution in [0.2, 0.25) is 5.02 Å². The Morgan fingerprint density at radius 2 is 1.95 bits per heavy atom. The fourth-order valence-electron chi connectivity index (χ4n) is 1.67. The predicted octanol–water partition coefficient (Wildman–Crippen LogP) is 4.40. The number of amides is 1. The average molecular weight is 340 g/mol. The zero-order valence-corrected chi connectivity index (χ0v) is 12.5. The summed E-state index contributed by atoms with van der Waals surface area (Å²) in [6.45, 7) is 0. The van der Waals surface area contributed by atoms with E-state index in [4.69, 9.17) is 11.6 Å². The van der Waals surface area contributed by atoms with Crippen molar-refractivity contribution >= 4 is 44.8 Å². The summed E-state index contributed by atoms with van der Waals surface area (Å²) in [7, 11) is 1.78. The quantitative estimate of drug-likeness (QED) is 0.870. The average Bonchev–Trinajstić information content (AvgIpc) is 2.43. The lowest BCUT2D eigenvalue weighted by Crippen LogP contribution is -2.13. The number of para-hydroxylation sites is 1. The molecule has 0 bridgehead atoms. The summed E-state index contributed by atoms with van der Waals surface area (Å²) >= 11 is 9.30. The highest BCUT2D eigenvalue weighted by Crippen LogP contribution is 2.26. The van der Waals surface area contributed by atoms with Gasteiger partial charge in [0, 0.05) is 22.9 Å². The van der Waals surface area contributed by atoms with Crippen LogP contribution in [0.25, 0.3) is 0 Å². The zero-order valence-electron chi connectivity index (χ0n) is 10.2. The molecule has 2 aromatic carbocycles. The van der Waals surface area contributed by atoms with E-state index < -0.39 is 0 Å². The van der Waals surface area contributed by atoms with Gasteiger partial charge in [-0.05, 0) is 46.3 Å². The molecule has 0 aromatic heterocycles. The Morgan fingerprint density at radius 1 is 1.21 bits per heavy atom. The number of benzene rings is 2. The van der Waals surface area contributed by atoms with E-state index in [1.165, 1.54) is 0 Å². The molecule has 3 nitrogen and oxygen atoms in total. The third-order valence-corrected chi connectivity index (χ3v) is 3.85. The minimum absolute atomic E-state index is 0.177. The first-order chi connectivity index (χ1) is 9.11. The van der Waals surface area contributed by atoms with Crippen molar-refractivity contribution in [1.29, 1.82) is 0 Å². The Labute approximate surface area is 125 Å². The maximum absolute atomic E-state index is 12.2. The van der Waals surface area contributed by atoms with Crippen LogP contribution < -0.4 is 10.6 Å². The molecule has 0 aliphatic heterocycles. The summed E-state index contributed by atoms with van der Waals surface area (Å²) in [4.78, 5) is 12.2. The largest absolute Gasteiger partial charge is 0.387 e. The topological polar surface area (TPSA) is 41.1 Å². The fourth-order valence-corrected chi connectivity index (χ4v) is 2.10. The number of carbonyl (C=O) groups excluding carboxylic acids is 1. The van der Waals surface area contributed by atoms with Crippen molar-refractivity contribution < 1.29 is 4.79 Å². The van der Waals surface area contributed by atoms with Crippen molar-refractivity contribution in [3.05, 3.63) is 57.5 Å². The number of nitrogens with one attached hydrogen (secondary N) is 2. The molecule has 0 unspecified atom stereocenters. The van der Waals surface area contributed by atoms with Crippen LogP contribution in [0.15, 0.2) is 46.9 Å². The first-order valence-corrected chi connectivity index (χ1v) is 6.82. The molecule has 5 heteroatoms. The van der Waals surface area contributed by atoms with Gasteiger partial charge >= 0.3 is 0 Å². The van der Waals surface area contributed by atoms with Gasteiger partial charge in [0.2, 0.25) is 0 Å². The molecule has 98 valence electrons. The van der Waals surface area contributed by atoms with Crippen LogP contribution in [0, 0.1) is 0 Å². The Kier molecular flexibility index (Phi) is 4.45. The monoisotopic (exact) mass is 338 g/mol. The van der Waals surface area contributed by atoms with Crippen LogP contribution in [0.3, 0.4) is 0 Å². The maximum atomic E-state index is 12.2. The van der Waals surface area contributed by atoms with Gasteiger partial charge in [0.25, 0.3) is 5.91 Å². The van der Waals surface area contributed by atoms with E-state index in [0.29, 0.717) is 16.3 Å². The van der Waals surface area contributed by atoms with Crippen molar-refractivity contribution in [2.75, 3.05) is 17.7 Å². The van der Waals surface area contributed by atoms with Crippen LogP contribution in [-0.2, 0) is 0 Å². The van der Waals surface area contributed by atoms with E-state index in [1.54, 1.807) is 31.3 Å². The third kappa shape index (κ3) is 3.28. The Balaban J connectivity index is 2.23. The first-order valence-electron chi connectivity index (χ1n) is 5.65. The van der Waals surface area contributed by atoms with Gasteiger partial charge in [-0.3, -0.25) is 4.79 Å². The minimum atomic E-state index is -0.177. The van der Waals surface area contributed by atoms with Gasteiger partial charge in [0.15, 0.2) is 0 Å². The molecule has 0 spiro atoms. The normalized spacial score (nSPS) is 10.1. The highest BCUT2D eigenvalue weighted by atomic mass is 79.9. The lowest BCUT2D eigenvalue weighted by molar-refractivity contribution is 0.102. The second-order valence-corrected chi connectivity index (χ2v) is 5.14. The smallest absolute Gasteiger partial charge is 0.257 e. The molecule has 0 saturated heterocycles. The van der Waals surface area contributed by atoms with Crippen LogP contribution in [0.5, 0.6) is 0 Å². The molecule has 2 N–H and O–H groups in total. The van der Waals surface area contributed by atoms with Crippen molar-refractivity contribution in [2.24, 2.45) is 0 Å². The summed E-state index contributed by atoms with van der Waals surface area (Å²) in [6, 6.07) is 12.6. The molecule has 0 atom stereocenters. The number of halogens is 2. The number of rotatable bonds is 3. The number of hydrogen-bond acceptors (Lipinski definition) is 2. The van der Waals surface area contributed by atoms with Crippen LogP contribution in [0.4, 0.5) is 11.4 Å². The molecule has 19 heavy (non-hydrogen) atoms. The van der Waals surface area contributed by atoms with E-state index >= 15 is 0 Å². The Morgan fingerprint density at radius 3 is 2.63 bits per heavy atom. The molecule has 0 aliphatic rings. The summed E-state index contributed by atoms with van der Waals surface area (Å²) in [5.41, 5.74) is 2.02. The van der Waals surface area contributed by atoms with Gasteiger partial charge < -0.3 is 10.6 Å². The minimum Gasteiger partial charge on any atom is -0.387 e. The molecule has 0 heterocycles. The highest BCUT2D eigenvalue weighted by Gasteiger charge is 2.10. The van der Waals surface area contributed by atoms with E-state index in [-0.39, 0.29) is 5.91 Å². The van der Waals surface area contributed by atoms with Crippen molar-refractivity contribution in [3.8, 4) is 0 Å². The summed E-state index contributed by atoms with van der Waals surface area (Å²) in [6.07, 6.45) is 0. The van der Waals surface area contributed by atoms with Crippen LogP contribution >= 0.6 is 27.5 Å². The van der Waals surface area contributed by atoms with E-state index in [9.17, 15) is 4.79 Å². The molecule has 1 amide bonds. The predicted molar refractivity (Wildman–Crippen MR) is 83.1 cm³/mol. The Bertz CT molecular complexity index is 616. The second-order valence-electron chi connectivity index (χ2n) is 3.88. The lowest BCUT2D eigenvalue weighted by atomic mass is 10.1. The number of anilines is 2. The summed E-state index contributed by atoms with van der Waals surface area (Å²) in [5, 5.41) is 6.36. The SMILES string of the molecule is CNc1ccccc1C(=O)Nc1ccc(Br)c(Cl)c1. The second kappa shape index (κ2) is 6.08. The molecule has 0 saturated carbocycles. The fraction of sp³-hybridized carbons (Fsp3) is 0.0714. The molecule has 0 fully saturated rings. The van der Waals surface area contributed by atoms with Crippen LogP contribution in [-0.4, -0.2) is 13.0 Å². The van der Waals surface area contributed by atoms with E-state index in [1.807, 2.05) is 18.2 Å². The van der Waals surface area contributed by atoms with Crippen molar-refractivity contribution in [1.82, 2.24) is 0 Å². The lowest BCUT2D eigenvalue weighted by Gasteiger charge is -2.10. The standard InChI is InChI=1S/C14H12BrClN2O/c1-17-13-5-3-2-4-10(13)14(19)18-9-6-7-11(15)12(16)8-9/h2-8,17H,1H3,(H,18,19). The van der Waals surface area contributed by atoms with Crippen molar-refractivity contribution in [3.63, 3.8) is 0 Å². The number of carbonyl (C=O) groups is 1. The van der Waals surface area contributed by atoms with E-state index in [0.717, 1.165) is 10.2 Å². The number of hydrogen-bond donors (Lipinski definition) is 2. The van der Waals surface area contributed by atoms with Crippen LogP contribution in [0.1, 0.15) is 10.4 Å². The summed E-state index contributed by atoms with van der Waals surface area (Å²) in [5.74, 6) is -0.177.